The molecule has 222 valence electrons. The Morgan fingerprint density at radius 1 is 1.05 bits per heavy atom. The molecule has 3 aromatic heterocycles. The Hall–Kier alpha value is -3.76. The molecular weight excluding hydrogens is 677 g/mol. The van der Waals surface area contributed by atoms with Gasteiger partial charge in [0.2, 0.25) is 11.8 Å². The van der Waals surface area contributed by atoms with Crippen molar-refractivity contribution in [3.05, 3.63) is 117 Å². The Bertz CT molecular complexity index is 1790. The number of carbonyl (C=O) groups is 2. The molecule has 0 saturated carbocycles. The van der Waals surface area contributed by atoms with Crippen molar-refractivity contribution in [2.45, 2.75) is 13.5 Å². The van der Waals surface area contributed by atoms with Gasteiger partial charge in [-0.25, -0.2) is 4.98 Å². The maximum absolute atomic E-state index is 12.9. The lowest BCUT2D eigenvalue weighted by Gasteiger charge is -2.21. The first-order valence-electron chi connectivity index (χ1n) is 12.9. The average Bonchev–Trinajstić information content (AvgIpc) is 3.63. The number of aromatic nitrogens is 3. The Kier molecular flexibility index (Phi) is 10.6. The van der Waals surface area contributed by atoms with Gasteiger partial charge in [0.15, 0.2) is 11.4 Å². The number of nitrogens with zero attached hydrogens (tertiary/aromatic N) is 4. The SMILES string of the molecule is Cc1nc2c(OCc3c(Cl)ccc(N(C)C(=O)CNC(=O)/C=C/c4ccc(-n5cccc5)cc4)c3Cl)cccn2c1Br.Cl. The van der Waals surface area contributed by atoms with Crippen molar-refractivity contribution in [2.24, 2.45) is 0 Å². The van der Waals surface area contributed by atoms with Gasteiger partial charge >= 0.3 is 0 Å². The zero-order valence-electron chi connectivity index (χ0n) is 23.1. The molecule has 2 amide bonds. The highest BCUT2D eigenvalue weighted by molar-refractivity contribution is 9.10. The monoisotopic (exact) mass is 701 g/mol. The second-order valence-corrected chi connectivity index (χ2v) is 10.9. The van der Waals surface area contributed by atoms with Gasteiger partial charge in [0.1, 0.15) is 11.2 Å². The zero-order valence-corrected chi connectivity index (χ0v) is 27.0. The predicted molar refractivity (Wildman–Crippen MR) is 177 cm³/mol. The molecule has 2 aromatic carbocycles. The summed E-state index contributed by atoms with van der Waals surface area (Å²) in [5, 5.41) is 3.30. The van der Waals surface area contributed by atoms with E-state index in [9.17, 15) is 9.59 Å². The standard InChI is InChI=1S/C31H26BrCl2N5O3.ClH/c1-20-30(32)39-17-5-6-26(31(39)36-20)42-19-23-24(33)12-13-25(29(23)34)37(2)28(41)18-35-27(40)14-9-21-7-10-22(11-8-21)38-15-3-4-16-38;/h3-17H,18-19H2,1-2H3,(H,35,40);1H/b14-9+;. The lowest BCUT2D eigenvalue weighted by molar-refractivity contribution is -0.122. The number of pyridine rings is 1. The maximum Gasteiger partial charge on any atom is 0.246 e. The molecular formula is C31H27BrCl3N5O3. The highest BCUT2D eigenvalue weighted by Gasteiger charge is 2.20. The fraction of sp³-hybridized carbons (Fsp3) is 0.129. The molecule has 0 aliphatic rings. The van der Waals surface area contributed by atoms with Crippen molar-refractivity contribution < 1.29 is 14.3 Å². The van der Waals surface area contributed by atoms with Crippen molar-refractivity contribution in [2.75, 3.05) is 18.5 Å². The number of aryl methyl sites for hydroxylation is 1. The summed E-state index contributed by atoms with van der Waals surface area (Å²) in [7, 11) is 1.59. The molecule has 12 heteroatoms. The number of amides is 2. The molecule has 0 unspecified atom stereocenters. The van der Waals surface area contributed by atoms with Gasteiger partial charge in [0.25, 0.3) is 0 Å². The summed E-state index contributed by atoms with van der Waals surface area (Å²) in [6, 6.07) is 18.6. The van der Waals surface area contributed by atoms with Crippen LogP contribution in [0, 0.1) is 6.92 Å². The van der Waals surface area contributed by atoms with Crippen LogP contribution >= 0.6 is 51.5 Å². The second kappa shape index (κ2) is 14.1. The second-order valence-electron chi connectivity index (χ2n) is 9.39. The number of hydrogen-bond donors (Lipinski definition) is 1. The molecule has 0 saturated heterocycles. The predicted octanol–water partition coefficient (Wildman–Crippen LogP) is 7.30. The molecule has 43 heavy (non-hydrogen) atoms. The van der Waals surface area contributed by atoms with Crippen LogP contribution in [0.2, 0.25) is 10.0 Å². The fourth-order valence-electron chi connectivity index (χ4n) is 4.28. The minimum absolute atomic E-state index is 0. The minimum Gasteiger partial charge on any atom is -0.485 e. The summed E-state index contributed by atoms with van der Waals surface area (Å²) < 4.78 is 10.8. The number of carbonyl (C=O) groups excluding carboxylic acids is 2. The van der Waals surface area contributed by atoms with Crippen molar-refractivity contribution in [1.29, 1.82) is 0 Å². The number of fused-ring (bicyclic) bond motifs is 1. The van der Waals surface area contributed by atoms with Crippen LogP contribution in [0.1, 0.15) is 16.8 Å². The van der Waals surface area contributed by atoms with Gasteiger partial charge in [-0.05, 0) is 83.0 Å². The molecule has 0 aliphatic carbocycles. The number of halogens is 4. The third-order valence-corrected chi connectivity index (χ3v) is 8.36. The normalized spacial score (nSPS) is 11.0. The number of anilines is 1. The summed E-state index contributed by atoms with van der Waals surface area (Å²) in [4.78, 5) is 31.2. The molecule has 5 aromatic rings. The Morgan fingerprint density at radius 3 is 2.49 bits per heavy atom. The van der Waals surface area contributed by atoms with Crippen LogP contribution in [0.4, 0.5) is 5.69 Å². The van der Waals surface area contributed by atoms with E-state index in [0.717, 1.165) is 21.5 Å². The van der Waals surface area contributed by atoms with Gasteiger partial charge in [0, 0.05) is 48.0 Å². The summed E-state index contributed by atoms with van der Waals surface area (Å²) in [5.41, 5.74) is 4.32. The van der Waals surface area contributed by atoms with Crippen molar-refractivity contribution in [1.82, 2.24) is 19.3 Å². The van der Waals surface area contributed by atoms with Crippen LogP contribution in [-0.4, -0.2) is 39.4 Å². The van der Waals surface area contributed by atoms with Crippen molar-refractivity contribution in [3.8, 4) is 11.4 Å². The smallest absolute Gasteiger partial charge is 0.246 e. The van der Waals surface area contributed by atoms with E-state index in [1.807, 2.05) is 83.0 Å². The molecule has 0 spiro atoms. The zero-order chi connectivity index (χ0) is 29.8. The molecule has 0 radical (unpaired) electrons. The largest absolute Gasteiger partial charge is 0.485 e. The first kappa shape index (κ1) is 32.2. The average molecular weight is 704 g/mol. The number of likely N-dealkylation sites (N-methyl/N-ethyl adjacent to an activating group) is 1. The molecule has 0 atom stereocenters. The minimum atomic E-state index is -0.391. The molecule has 0 bridgehead atoms. The van der Waals surface area contributed by atoms with E-state index in [1.165, 1.54) is 11.0 Å². The first-order valence-corrected chi connectivity index (χ1v) is 14.5. The van der Waals surface area contributed by atoms with Gasteiger partial charge in [-0.3, -0.25) is 14.0 Å². The lowest BCUT2D eigenvalue weighted by Crippen LogP contribution is -2.37. The van der Waals surface area contributed by atoms with Gasteiger partial charge in [-0.1, -0.05) is 35.3 Å². The number of rotatable bonds is 9. The van der Waals surface area contributed by atoms with E-state index < -0.39 is 5.91 Å². The van der Waals surface area contributed by atoms with Crippen LogP contribution in [-0.2, 0) is 16.2 Å². The number of ether oxygens (including phenoxy) is 1. The lowest BCUT2D eigenvalue weighted by atomic mass is 10.2. The van der Waals surface area contributed by atoms with E-state index >= 15 is 0 Å². The Labute approximate surface area is 273 Å². The number of imidazole rings is 1. The molecule has 3 heterocycles. The van der Waals surface area contributed by atoms with Gasteiger partial charge in [0.05, 0.1) is 22.9 Å². The first-order chi connectivity index (χ1) is 20.2. The molecule has 0 aliphatic heterocycles. The molecule has 5 rings (SSSR count). The van der Waals surface area contributed by atoms with Crippen LogP contribution in [0.3, 0.4) is 0 Å². The van der Waals surface area contributed by atoms with E-state index in [2.05, 4.69) is 26.2 Å². The number of nitrogens with one attached hydrogen (secondary N) is 1. The van der Waals surface area contributed by atoms with Crippen molar-refractivity contribution in [3.63, 3.8) is 0 Å². The van der Waals surface area contributed by atoms with Crippen LogP contribution in [0.5, 0.6) is 5.75 Å². The van der Waals surface area contributed by atoms with Crippen LogP contribution in [0.15, 0.2) is 89.9 Å². The topological polar surface area (TPSA) is 80.9 Å². The van der Waals surface area contributed by atoms with E-state index in [0.29, 0.717) is 27.7 Å². The fourth-order valence-corrected chi connectivity index (χ4v) is 5.26. The molecule has 1 N–H and O–H groups in total. The van der Waals surface area contributed by atoms with Gasteiger partial charge < -0.3 is 19.5 Å². The van der Waals surface area contributed by atoms with Gasteiger partial charge in [-0.15, -0.1) is 12.4 Å². The van der Waals surface area contributed by atoms with Crippen molar-refractivity contribution >= 4 is 80.8 Å². The quantitative estimate of drug-likeness (QED) is 0.164. The summed E-state index contributed by atoms with van der Waals surface area (Å²) in [5.74, 6) is -0.190. The molecule has 8 nitrogen and oxygen atoms in total. The van der Waals surface area contributed by atoms with Crippen LogP contribution < -0.4 is 15.0 Å². The number of hydrogen-bond acceptors (Lipinski definition) is 4. The van der Waals surface area contributed by atoms with Gasteiger partial charge in [-0.2, -0.15) is 0 Å². The maximum atomic E-state index is 12.9. The highest BCUT2D eigenvalue weighted by Crippen LogP contribution is 2.35. The number of benzene rings is 2. The van der Waals surface area contributed by atoms with E-state index in [-0.39, 0.29) is 36.5 Å². The van der Waals surface area contributed by atoms with E-state index in [4.69, 9.17) is 27.9 Å². The summed E-state index contributed by atoms with van der Waals surface area (Å²) in [6.07, 6.45) is 8.88. The molecule has 0 fully saturated rings. The Morgan fingerprint density at radius 2 is 1.77 bits per heavy atom. The summed E-state index contributed by atoms with van der Waals surface area (Å²) in [6.45, 7) is 1.74. The highest BCUT2D eigenvalue weighted by atomic mass is 79.9. The summed E-state index contributed by atoms with van der Waals surface area (Å²) >= 11 is 16.7. The third-order valence-electron chi connectivity index (χ3n) is 6.62. The van der Waals surface area contributed by atoms with Crippen LogP contribution in [0.25, 0.3) is 17.4 Å². The Balaban J connectivity index is 0.00000423. The third kappa shape index (κ3) is 7.25. The van der Waals surface area contributed by atoms with E-state index in [1.54, 1.807) is 25.3 Å².